The molecule has 1 aromatic rings. The summed E-state index contributed by atoms with van der Waals surface area (Å²) in [5.41, 5.74) is 1.97. The van der Waals surface area contributed by atoms with Gasteiger partial charge in [0.25, 0.3) is 5.91 Å². The first-order valence-corrected chi connectivity index (χ1v) is 7.40. The maximum absolute atomic E-state index is 12.5. The quantitative estimate of drug-likeness (QED) is 0.871. The number of carbonyl (C=O) groups is 2. The van der Waals surface area contributed by atoms with Gasteiger partial charge in [-0.3, -0.25) is 9.59 Å². The predicted molar refractivity (Wildman–Crippen MR) is 77.7 cm³/mol. The minimum absolute atomic E-state index is 0.127. The fourth-order valence-electron chi connectivity index (χ4n) is 3.00. The summed E-state index contributed by atoms with van der Waals surface area (Å²) in [5.74, 6) is -1.19. The molecule has 6 nitrogen and oxygen atoms in total. The van der Waals surface area contributed by atoms with Gasteiger partial charge in [-0.05, 0) is 36.1 Å². The van der Waals surface area contributed by atoms with Crippen LogP contribution < -0.4 is 5.32 Å². The average molecular weight is 305 g/mol. The van der Waals surface area contributed by atoms with Crippen LogP contribution in [0.3, 0.4) is 0 Å². The van der Waals surface area contributed by atoms with Crippen LogP contribution in [-0.4, -0.2) is 42.3 Å². The SMILES string of the molecule is O=C(O)CC1(NC(=O)c2ccc3c(c2)CCOC3)CCOC1. The molecule has 1 amide bonds. The summed E-state index contributed by atoms with van der Waals surface area (Å²) in [7, 11) is 0. The first kappa shape index (κ1) is 15.0. The Bertz CT molecular complexity index is 592. The fraction of sp³-hybridized carbons (Fsp3) is 0.500. The molecule has 3 rings (SSSR count). The van der Waals surface area contributed by atoms with Crippen LogP contribution in [0, 0.1) is 0 Å². The van der Waals surface area contributed by atoms with Gasteiger partial charge in [-0.2, -0.15) is 0 Å². The summed E-state index contributed by atoms with van der Waals surface area (Å²) >= 11 is 0. The van der Waals surface area contributed by atoms with Gasteiger partial charge in [-0.1, -0.05) is 6.07 Å². The molecule has 2 heterocycles. The monoisotopic (exact) mass is 305 g/mol. The van der Waals surface area contributed by atoms with Gasteiger partial charge in [0.1, 0.15) is 0 Å². The van der Waals surface area contributed by atoms with E-state index in [-0.39, 0.29) is 18.9 Å². The van der Waals surface area contributed by atoms with Crippen molar-refractivity contribution in [2.75, 3.05) is 19.8 Å². The van der Waals surface area contributed by atoms with Crippen LogP contribution in [0.4, 0.5) is 0 Å². The minimum Gasteiger partial charge on any atom is -0.481 e. The molecule has 2 aliphatic heterocycles. The smallest absolute Gasteiger partial charge is 0.305 e. The first-order chi connectivity index (χ1) is 10.6. The largest absolute Gasteiger partial charge is 0.481 e. The van der Waals surface area contributed by atoms with E-state index in [1.165, 1.54) is 0 Å². The first-order valence-electron chi connectivity index (χ1n) is 7.40. The Hall–Kier alpha value is -1.92. The van der Waals surface area contributed by atoms with Gasteiger partial charge in [0.15, 0.2) is 0 Å². The molecule has 2 N–H and O–H groups in total. The molecule has 0 bridgehead atoms. The van der Waals surface area contributed by atoms with Gasteiger partial charge < -0.3 is 19.9 Å². The number of aliphatic carboxylic acids is 1. The predicted octanol–water partition coefficient (Wildman–Crippen LogP) is 1.12. The Morgan fingerprint density at radius 3 is 2.82 bits per heavy atom. The maximum Gasteiger partial charge on any atom is 0.305 e. The zero-order valence-electron chi connectivity index (χ0n) is 12.3. The summed E-state index contributed by atoms with van der Waals surface area (Å²) in [6, 6.07) is 5.53. The molecule has 0 saturated carbocycles. The molecule has 1 saturated heterocycles. The summed E-state index contributed by atoms with van der Waals surface area (Å²) in [6.45, 7) is 1.95. The lowest BCUT2D eigenvalue weighted by atomic mass is 9.93. The molecule has 0 aliphatic carbocycles. The number of rotatable bonds is 4. The molecular weight excluding hydrogens is 286 g/mol. The highest BCUT2D eigenvalue weighted by Crippen LogP contribution is 2.24. The molecule has 0 spiro atoms. The van der Waals surface area contributed by atoms with Crippen molar-refractivity contribution in [2.45, 2.75) is 31.4 Å². The van der Waals surface area contributed by atoms with Gasteiger partial charge >= 0.3 is 5.97 Å². The van der Waals surface area contributed by atoms with Gasteiger partial charge in [-0.25, -0.2) is 0 Å². The van der Waals surface area contributed by atoms with E-state index in [0.29, 0.717) is 31.8 Å². The molecule has 118 valence electrons. The van der Waals surface area contributed by atoms with Crippen molar-refractivity contribution in [3.8, 4) is 0 Å². The maximum atomic E-state index is 12.5. The highest BCUT2D eigenvalue weighted by Gasteiger charge is 2.38. The third kappa shape index (κ3) is 3.13. The number of hydrogen-bond donors (Lipinski definition) is 2. The molecule has 6 heteroatoms. The topological polar surface area (TPSA) is 84.9 Å². The Labute approximate surface area is 128 Å². The van der Waals surface area contributed by atoms with Crippen LogP contribution >= 0.6 is 0 Å². The summed E-state index contributed by atoms with van der Waals surface area (Å²) in [6.07, 6.45) is 1.18. The number of hydrogen-bond acceptors (Lipinski definition) is 4. The molecule has 1 aromatic carbocycles. The lowest BCUT2D eigenvalue weighted by molar-refractivity contribution is -0.138. The van der Waals surface area contributed by atoms with E-state index < -0.39 is 11.5 Å². The van der Waals surface area contributed by atoms with E-state index in [1.807, 2.05) is 12.1 Å². The number of carboxylic acids is 1. The van der Waals surface area contributed by atoms with Gasteiger partial charge in [0.2, 0.25) is 0 Å². The Balaban J connectivity index is 1.77. The Morgan fingerprint density at radius 2 is 2.09 bits per heavy atom. The number of ether oxygens (including phenoxy) is 2. The number of fused-ring (bicyclic) bond motifs is 1. The lowest BCUT2D eigenvalue weighted by Gasteiger charge is -2.27. The Kier molecular flexibility index (Phi) is 4.13. The van der Waals surface area contributed by atoms with E-state index in [4.69, 9.17) is 14.6 Å². The molecule has 1 fully saturated rings. The van der Waals surface area contributed by atoms with Crippen molar-refractivity contribution in [3.63, 3.8) is 0 Å². The number of amides is 1. The van der Waals surface area contributed by atoms with Crippen LogP contribution in [0.5, 0.6) is 0 Å². The average Bonchev–Trinajstić information content (AvgIpc) is 2.94. The van der Waals surface area contributed by atoms with Crippen LogP contribution in [0.25, 0.3) is 0 Å². The molecule has 0 radical (unpaired) electrons. The van der Waals surface area contributed by atoms with E-state index in [0.717, 1.165) is 17.5 Å². The molecular formula is C16H19NO5. The standard InChI is InChI=1S/C16H19NO5/c18-14(19)8-16(4-6-22-10-16)17-15(20)12-1-2-13-9-21-5-3-11(13)7-12/h1-2,7H,3-6,8-10H2,(H,17,20)(H,18,19). The Morgan fingerprint density at radius 1 is 1.23 bits per heavy atom. The van der Waals surface area contributed by atoms with Crippen molar-refractivity contribution in [1.29, 1.82) is 0 Å². The zero-order valence-corrected chi connectivity index (χ0v) is 12.3. The number of carboxylic acid groups (broad SMARTS) is 1. The van der Waals surface area contributed by atoms with Gasteiger partial charge in [0.05, 0.1) is 31.8 Å². The second kappa shape index (κ2) is 6.06. The van der Waals surface area contributed by atoms with Gasteiger partial charge in [-0.15, -0.1) is 0 Å². The van der Waals surface area contributed by atoms with Crippen molar-refractivity contribution in [1.82, 2.24) is 5.32 Å². The van der Waals surface area contributed by atoms with Crippen molar-refractivity contribution in [2.24, 2.45) is 0 Å². The van der Waals surface area contributed by atoms with Crippen LogP contribution in [0.1, 0.15) is 34.3 Å². The highest BCUT2D eigenvalue weighted by molar-refractivity contribution is 5.95. The molecule has 2 aliphatic rings. The van der Waals surface area contributed by atoms with E-state index in [9.17, 15) is 9.59 Å². The molecule has 22 heavy (non-hydrogen) atoms. The van der Waals surface area contributed by atoms with E-state index in [2.05, 4.69) is 5.32 Å². The summed E-state index contributed by atoms with van der Waals surface area (Å²) in [4.78, 5) is 23.5. The second-order valence-electron chi connectivity index (χ2n) is 5.89. The third-order valence-electron chi connectivity index (χ3n) is 4.21. The van der Waals surface area contributed by atoms with E-state index in [1.54, 1.807) is 6.07 Å². The van der Waals surface area contributed by atoms with Crippen molar-refractivity contribution < 1.29 is 24.2 Å². The second-order valence-corrected chi connectivity index (χ2v) is 5.89. The number of benzene rings is 1. The van der Waals surface area contributed by atoms with E-state index >= 15 is 0 Å². The lowest BCUT2D eigenvalue weighted by Crippen LogP contribution is -2.50. The van der Waals surface area contributed by atoms with Crippen LogP contribution in [0.15, 0.2) is 18.2 Å². The molecule has 1 atom stereocenters. The third-order valence-corrected chi connectivity index (χ3v) is 4.21. The highest BCUT2D eigenvalue weighted by atomic mass is 16.5. The summed E-state index contributed by atoms with van der Waals surface area (Å²) in [5, 5.41) is 11.9. The van der Waals surface area contributed by atoms with Crippen LogP contribution in [0.2, 0.25) is 0 Å². The van der Waals surface area contributed by atoms with Gasteiger partial charge in [0, 0.05) is 12.2 Å². The number of carbonyl (C=O) groups excluding carboxylic acids is 1. The number of nitrogens with one attached hydrogen (secondary N) is 1. The molecule has 1 unspecified atom stereocenters. The summed E-state index contributed by atoms with van der Waals surface area (Å²) < 4.78 is 10.7. The van der Waals surface area contributed by atoms with Crippen molar-refractivity contribution >= 4 is 11.9 Å². The van der Waals surface area contributed by atoms with Crippen LogP contribution in [-0.2, 0) is 27.3 Å². The van der Waals surface area contributed by atoms with Crippen molar-refractivity contribution in [3.05, 3.63) is 34.9 Å². The normalized spacial score (nSPS) is 23.8. The molecule has 0 aromatic heterocycles. The minimum atomic E-state index is -0.937. The zero-order chi connectivity index (χ0) is 15.6. The fourth-order valence-corrected chi connectivity index (χ4v) is 3.00.